The summed E-state index contributed by atoms with van der Waals surface area (Å²) in [5.41, 5.74) is 1.97. The number of aliphatic hydroxyl groups excluding tert-OH is 1. The minimum absolute atomic E-state index is 0.0970. The van der Waals surface area contributed by atoms with Gasteiger partial charge in [-0.3, -0.25) is 14.6 Å². The molecule has 0 aliphatic heterocycles. The zero-order valence-corrected chi connectivity index (χ0v) is 22.7. The summed E-state index contributed by atoms with van der Waals surface area (Å²) in [6, 6.07) is 12.8. The highest BCUT2D eigenvalue weighted by molar-refractivity contribution is 5.82. The first-order valence-electron chi connectivity index (χ1n) is 12.5. The number of aromatic nitrogens is 1. The summed E-state index contributed by atoms with van der Waals surface area (Å²) in [6.45, 7) is 4.41. The molecule has 212 valence electrons. The predicted octanol–water partition coefficient (Wildman–Crippen LogP) is 1.52. The second kappa shape index (κ2) is 15.3. The molecule has 2 unspecified atom stereocenters. The minimum Gasteiger partial charge on any atom is -0.453 e. The first-order valence-corrected chi connectivity index (χ1v) is 12.5. The Morgan fingerprint density at radius 1 is 0.923 bits per heavy atom. The number of nitrogens with one attached hydrogen (secondary N) is 4. The summed E-state index contributed by atoms with van der Waals surface area (Å²) in [5, 5.41) is 20.6. The maximum absolute atomic E-state index is 12.4. The standard InChI is InChI=1S/C27H37N5O7/c1-27(2,3)39-26(37)31-16-23(34)29-15-21(33)14-20(32-24(35)17-30-25(36)38-4)13-18-8-10-19(11-9-18)22-7-5-6-12-28-22/h5-12,20-21,33H,13-17H2,1-4H3,(H,29,34)(H,30,36)(H,31,37)(H,32,35). The van der Waals surface area contributed by atoms with E-state index >= 15 is 0 Å². The Morgan fingerprint density at radius 3 is 2.21 bits per heavy atom. The van der Waals surface area contributed by atoms with Crippen LogP contribution in [0, 0.1) is 0 Å². The third-order valence-electron chi connectivity index (χ3n) is 5.22. The molecule has 1 heterocycles. The van der Waals surface area contributed by atoms with E-state index in [1.54, 1.807) is 27.0 Å². The van der Waals surface area contributed by atoms with E-state index < -0.39 is 41.7 Å². The van der Waals surface area contributed by atoms with Gasteiger partial charge in [0, 0.05) is 24.3 Å². The number of hydrogen-bond acceptors (Lipinski definition) is 8. The lowest BCUT2D eigenvalue weighted by molar-refractivity contribution is -0.122. The van der Waals surface area contributed by atoms with Crippen molar-refractivity contribution in [1.29, 1.82) is 0 Å². The van der Waals surface area contributed by atoms with Crippen LogP contribution in [0.1, 0.15) is 32.8 Å². The molecule has 0 saturated heterocycles. The Kier molecular flexibility index (Phi) is 12.2. The van der Waals surface area contributed by atoms with E-state index in [4.69, 9.17) is 4.74 Å². The van der Waals surface area contributed by atoms with Gasteiger partial charge >= 0.3 is 12.2 Å². The van der Waals surface area contributed by atoms with Crippen molar-refractivity contribution in [2.45, 2.75) is 51.4 Å². The predicted molar refractivity (Wildman–Crippen MR) is 144 cm³/mol. The highest BCUT2D eigenvalue weighted by atomic mass is 16.6. The lowest BCUT2D eigenvalue weighted by Gasteiger charge is -2.23. The van der Waals surface area contributed by atoms with E-state index in [2.05, 4.69) is 31.0 Å². The highest BCUT2D eigenvalue weighted by Crippen LogP contribution is 2.18. The number of rotatable bonds is 12. The van der Waals surface area contributed by atoms with Crippen LogP contribution < -0.4 is 21.3 Å². The molecule has 2 rings (SSSR count). The Bertz CT molecular complexity index is 1090. The van der Waals surface area contributed by atoms with Crippen molar-refractivity contribution >= 4 is 24.0 Å². The van der Waals surface area contributed by atoms with Gasteiger partial charge in [-0.25, -0.2) is 9.59 Å². The second-order valence-electron chi connectivity index (χ2n) is 9.77. The second-order valence-corrected chi connectivity index (χ2v) is 9.77. The Hall–Kier alpha value is -4.19. The number of benzene rings is 1. The van der Waals surface area contributed by atoms with Crippen molar-refractivity contribution in [2.24, 2.45) is 0 Å². The molecule has 0 aliphatic carbocycles. The van der Waals surface area contributed by atoms with Crippen molar-refractivity contribution in [3.05, 3.63) is 54.2 Å². The van der Waals surface area contributed by atoms with Crippen LogP contribution in [0.2, 0.25) is 0 Å². The Labute approximate surface area is 227 Å². The molecule has 0 fully saturated rings. The molecule has 12 heteroatoms. The normalized spacial score (nSPS) is 12.4. The lowest BCUT2D eigenvalue weighted by atomic mass is 9.98. The molecule has 0 saturated carbocycles. The summed E-state index contributed by atoms with van der Waals surface area (Å²) in [6.07, 6.45) is -0.249. The van der Waals surface area contributed by atoms with Gasteiger partial charge in [0.2, 0.25) is 11.8 Å². The zero-order chi connectivity index (χ0) is 28.8. The number of carbonyl (C=O) groups is 4. The van der Waals surface area contributed by atoms with Crippen LogP contribution in [0.5, 0.6) is 0 Å². The molecule has 2 aromatic rings. The highest BCUT2D eigenvalue weighted by Gasteiger charge is 2.20. The van der Waals surface area contributed by atoms with Crippen molar-refractivity contribution in [1.82, 2.24) is 26.3 Å². The molecule has 5 N–H and O–H groups in total. The lowest BCUT2D eigenvalue weighted by Crippen LogP contribution is -2.46. The van der Waals surface area contributed by atoms with Gasteiger partial charge in [-0.1, -0.05) is 30.3 Å². The number of amides is 4. The first-order chi connectivity index (χ1) is 18.4. The maximum atomic E-state index is 12.4. The fourth-order valence-electron chi connectivity index (χ4n) is 3.50. The molecule has 0 radical (unpaired) electrons. The fraction of sp³-hybridized carbons (Fsp3) is 0.444. The van der Waals surface area contributed by atoms with Gasteiger partial charge in [-0.2, -0.15) is 0 Å². The zero-order valence-electron chi connectivity index (χ0n) is 22.7. The van der Waals surface area contributed by atoms with Crippen molar-refractivity contribution in [3.63, 3.8) is 0 Å². The first kappa shape index (κ1) is 31.0. The van der Waals surface area contributed by atoms with Crippen molar-refractivity contribution < 1.29 is 33.8 Å². The molecule has 0 spiro atoms. The van der Waals surface area contributed by atoms with Crippen LogP contribution in [0.3, 0.4) is 0 Å². The smallest absolute Gasteiger partial charge is 0.408 e. The maximum Gasteiger partial charge on any atom is 0.408 e. The van der Waals surface area contributed by atoms with Crippen LogP contribution in [-0.4, -0.2) is 78.6 Å². The number of ether oxygens (including phenoxy) is 2. The summed E-state index contributed by atoms with van der Waals surface area (Å²) >= 11 is 0. The Morgan fingerprint density at radius 2 is 1.59 bits per heavy atom. The number of alkyl carbamates (subject to hydrolysis) is 2. The quantitative estimate of drug-likeness (QED) is 0.269. The third kappa shape index (κ3) is 12.7. The SMILES string of the molecule is COC(=O)NCC(=O)NC(Cc1ccc(-c2ccccn2)cc1)CC(O)CNC(=O)CNC(=O)OC(C)(C)C. The largest absolute Gasteiger partial charge is 0.453 e. The van der Waals surface area contributed by atoms with Gasteiger partial charge < -0.3 is 35.8 Å². The Balaban J connectivity index is 1.95. The van der Waals surface area contributed by atoms with E-state index in [1.165, 1.54) is 7.11 Å². The van der Waals surface area contributed by atoms with Crippen LogP contribution >= 0.6 is 0 Å². The van der Waals surface area contributed by atoms with Gasteiger partial charge in [-0.05, 0) is 51.3 Å². The van der Waals surface area contributed by atoms with Gasteiger partial charge in [0.05, 0.1) is 25.5 Å². The molecule has 2 atom stereocenters. The average molecular weight is 544 g/mol. The molecule has 4 amide bonds. The van der Waals surface area contributed by atoms with Crippen LogP contribution in [0.25, 0.3) is 11.3 Å². The van der Waals surface area contributed by atoms with Gasteiger partial charge in [0.1, 0.15) is 12.1 Å². The molecule has 0 aliphatic rings. The van der Waals surface area contributed by atoms with E-state index in [1.807, 2.05) is 42.5 Å². The number of nitrogens with zero attached hydrogens (tertiary/aromatic N) is 1. The van der Waals surface area contributed by atoms with Gasteiger partial charge in [0.15, 0.2) is 0 Å². The number of pyridine rings is 1. The average Bonchev–Trinajstić information content (AvgIpc) is 2.89. The minimum atomic E-state index is -0.998. The molecular weight excluding hydrogens is 506 g/mol. The van der Waals surface area contributed by atoms with Crippen molar-refractivity contribution in [2.75, 3.05) is 26.7 Å². The topological polar surface area (TPSA) is 168 Å². The molecule has 1 aromatic carbocycles. The number of methoxy groups -OCH3 is 1. The number of carbonyl (C=O) groups excluding carboxylic acids is 4. The van der Waals surface area contributed by atoms with Crippen LogP contribution in [0.4, 0.5) is 9.59 Å². The molecule has 39 heavy (non-hydrogen) atoms. The summed E-state index contributed by atoms with van der Waals surface area (Å²) in [5.74, 6) is -0.971. The molecule has 12 nitrogen and oxygen atoms in total. The molecule has 1 aromatic heterocycles. The molecular formula is C27H37N5O7. The number of hydrogen-bond donors (Lipinski definition) is 5. The summed E-state index contributed by atoms with van der Waals surface area (Å²) in [4.78, 5) is 51.8. The third-order valence-corrected chi connectivity index (χ3v) is 5.22. The number of aliphatic hydroxyl groups is 1. The fourth-order valence-corrected chi connectivity index (χ4v) is 3.50. The van der Waals surface area contributed by atoms with Gasteiger partial charge in [0.25, 0.3) is 0 Å². The van der Waals surface area contributed by atoms with E-state index in [0.717, 1.165) is 16.8 Å². The van der Waals surface area contributed by atoms with E-state index in [9.17, 15) is 24.3 Å². The van der Waals surface area contributed by atoms with E-state index in [-0.39, 0.29) is 26.1 Å². The van der Waals surface area contributed by atoms with Crippen molar-refractivity contribution in [3.8, 4) is 11.3 Å². The molecule has 0 bridgehead atoms. The van der Waals surface area contributed by atoms with Gasteiger partial charge in [-0.15, -0.1) is 0 Å². The van der Waals surface area contributed by atoms with Crippen LogP contribution in [-0.2, 0) is 25.5 Å². The monoisotopic (exact) mass is 543 g/mol. The van der Waals surface area contributed by atoms with Crippen LogP contribution in [0.15, 0.2) is 48.7 Å². The summed E-state index contributed by atoms with van der Waals surface area (Å²) < 4.78 is 9.55. The van der Waals surface area contributed by atoms with E-state index in [0.29, 0.717) is 6.42 Å². The summed E-state index contributed by atoms with van der Waals surface area (Å²) in [7, 11) is 1.19.